The molecule has 2 N–H and O–H groups in total. The number of amides is 1. The third-order valence-electron chi connectivity index (χ3n) is 2.48. The van der Waals surface area contributed by atoms with Gasteiger partial charge in [-0.25, -0.2) is 13.1 Å². The Kier molecular flexibility index (Phi) is 5.23. The number of nitrogens with one attached hydrogen (secondary N) is 2. The Hall–Kier alpha value is -1.93. The maximum Gasteiger partial charge on any atom is 0.241 e. The molecule has 0 saturated heterocycles. The van der Waals surface area contributed by atoms with Crippen molar-refractivity contribution in [2.24, 2.45) is 0 Å². The summed E-state index contributed by atoms with van der Waals surface area (Å²) in [5.41, 5.74) is 0.448. The van der Waals surface area contributed by atoms with Gasteiger partial charge in [0.15, 0.2) is 0 Å². The number of aliphatic carboxylic acids is 1. The maximum atomic E-state index is 11.9. The summed E-state index contributed by atoms with van der Waals surface area (Å²) in [6.07, 6.45) is 0.0749. The van der Waals surface area contributed by atoms with E-state index in [0.29, 0.717) is 5.69 Å². The zero-order valence-electron chi connectivity index (χ0n) is 11.0. The number of rotatable bonds is 6. The van der Waals surface area contributed by atoms with Crippen LogP contribution in [-0.2, 0) is 19.6 Å². The van der Waals surface area contributed by atoms with Crippen LogP contribution in [0.3, 0.4) is 0 Å². The van der Waals surface area contributed by atoms with E-state index in [1.165, 1.54) is 38.1 Å². The Morgan fingerprint density at radius 2 is 1.80 bits per heavy atom. The number of carbonyl (C=O) groups is 2. The van der Waals surface area contributed by atoms with E-state index >= 15 is 0 Å². The van der Waals surface area contributed by atoms with Crippen LogP contribution in [0.5, 0.6) is 0 Å². The first kappa shape index (κ1) is 16.1. The van der Waals surface area contributed by atoms with Gasteiger partial charge in [-0.2, -0.15) is 0 Å². The van der Waals surface area contributed by atoms with E-state index in [2.05, 4.69) is 5.32 Å². The van der Waals surface area contributed by atoms with E-state index in [0.717, 1.165) is 0 Å². The molecule has 0 aromatic heterocycles. The highest BCUT2D eigenvalue weighted by molar-refractivity contribution is 7.89. The molecular formula is C12H15N2O5S-. The van der Waals surface area contributed by atoms with Crippen LogP contribution in [-0.4, -0.2) is 26.3 Å². The molecule has 0 fully saturated rings. The van der Waals surface area contributed by atoms with Gasteiger partial charge in [0, 0.05) is 12.6 Å². The standard InChI is InChI=1S/C12H16N2O5S/c1-3-11(12(16)17)14-20(18,19)10-6-4-9(5-7-10)13-8(2)15/h4-7,11,14H,3H2,1-2H3,(H,13,15)(H,16,17)/p-1. The lowest BCUT2D eigenvalue weighted by atomic mass is 10.2. The Labute approximate surface area is 117 Å². The number of hydrogen-bond donors (Lipinski definition) is 2. The molecule has 1 unspecified atom stereocenters. The average molecular weight is 299 g/mol. The van der Waals surface area contributed by atoms with Crippen LogP contribution < -0.4 is 15.1 Å². The van der Waals surface area contributed by atoms with E-state index in [1.807, 2.05) is 4.72 Å². The molecule has 0 heterocycles. The quantitative estimate of drug-likeness (QED) is 0.731. The van der Waals surface area contributed by atoms with Gasteiger partial charge in [0.05, 0.1) is 16.9 Å². The van der Waals surface area contributed by atoms with Crippen molar-refractivity contribution >= 4 is 27.6 Å². The van der Waals surface area contributed by atoms with Crippen molar-refractivity contribution in [1.82, 2.24) is 4.72 Å². The molecule has 0 saturated carbocycles. The van der Waals surface area contributed by atoms with Gasteiger partial charge in [0.25, 0.3) is 0 Å². The molecule has 8 heteroatoms. The summed E-state index contributed by atoms with van der Waals surface area (Å²) in [6.45, 7) is 2.86. The van der Waals surface area contributed by atoms with Crippen LogP contribution in [0.1, 0.15) is 20.3 Å². The molecule has 1 amide bonds. The number of carboxylic acid groups (broad SMARTS) is 1. The summed E-state index contributed by atoms with van der Waals surface area (Å²) < 4.78 is 25.9. The van der Waals surface area contributed by atoms with Gasteiger partial charge in [-0.15, -0.1) is 0 Å². The molecule has 1 atom stereocenters. The van der Waals surface area contributed by atoms with Gasteiger partial charge in [-0.1, -0.05) is 6.92 Å². The van der Waals surface area contributed by atoms with E-state index in [4.69, 9.17) is 0 Å². The number of anilines is 1. The molecule has 1 rings (SSSR count). The number of carboxylic acids is 1. The molecule has 7 nitrogen and oxygen atoms in total. The highest BCUT2D eigenvalue weighted by Gasteiger charge is 2.19. The lowest BCUT2D eigenvalue weighted by Gasteiger charge is -2.17. The SMILES string of the molecule is CCC(NS(=O)(=O)c1ccc(NC(C)=O)cc1)C(=O)[O-]. The second kappa shape index (κ2) is 6.49. The first-order chi connectivity index (χ1) is 9.26. The molecule has 0 aliphatic rings. The van der Waals surface area contributed by atoms with Crippen molar-refractivity contribution in [1.29, 1.82) is 0 Å². The topological polar surface area (TPSA) is 115 Å². The molecule has 110 valence electrons. The van der Waals surface area contributed by atoms with Crippen molar-refractivity contribution in [3.63, 3.8) is 0 Å². The molecule has 0 bridgehead atoms. The van der Waals surface area contributed by atoms with Crippen molar-refractivity contribution in [2.75, 3.05) is 5.32 Å². The van der Waals surface area contributed by atoms with Crippen LogP contribution in [0, 0.1) is 0 Å². The Morgan fingerprint density at radius 1 is 1.25 bits per heavy atom. The highest BCUT2D eigenvalue weighted by atomic mass is 32.2. The summed E-state index contributed by atoms with van der Waals surface area (Å²) in [5.74, 6) is -1.76. The summed E-state index contributed by atoms with van der Waals surface area (Å²) in [7, 11) is -3.95. The lowest BCUT2D eigenvalue weighted by Crippen LogP contribution is -2.47. The monoisotopic (exact) mass is 299 g/mol. The minimum atomic E-state index is -3.95. The van der Waals surface area contributed by atoms with Gasteiger partial charge in [-0.05, 0) is 30.7 Å². The number of benzene rings is 1. The van der Waals surface area contributed by atoms with Crippen LogP contribution in [0.15, 0.2) is 29.2 Å². The van der Waals surface area contributed by atoms with Gasteiger partial charge in [-0.3, -0.25) is 4.79 Å². The Morgan fingerprint density at radius 3 is 2.20 bits per heavy atom. The van der Waals surface area contributed by atoms with Crippen LogP contribution in [0.2, 0.25) is 0 Å². The van der Waals surface area contributed by atoms with Crippen molar-refractivity contribution in [3.8, 4) is 0 Å². The van der Waals surface area contributed by atoms with Gasteiger partial charge >= 0.3 is 0 Å². The third kappa shape index (κ3) is 4.32. The van der Waals surface area contributed by atoms with Gasteiger partial charge in [0.1, 0.15) is 0 Å². The van der Waals surface area contributed by atoms with Gasteiger partial charge < -0.3 is 15.2 Å². The number of hydrogen-bond acceptors (Lipinski definition) is 5. The minimum absolute atomic E-state index is 0.0749. The van der Waals surface area contributed by atoms with Crippen LogP contribution in [0.25, 0.3) is 0 Å². The molecule has 0 aliphatic carbocycles. The van der Waals surface area contributed by atoms with Crippen molar-refractivity contribution in [2.45, 2.75) is 31.2 Å². The second-order valence-corrected chi connectivity index (χ2v) is 5.82. The van der Waals surface area contributed by atoms with Crippen molar-refractivity contribution in [3.05, 3.63) is 24.3 Å². The molecule has 20 heavy (non-hydrogen) atoms. The summed E-state index contributed by atoms with van der Waals surface area (Å²) in [6, 6.07) is 4.09. The zero-order chi connectivity index (χ0) is 15.3. The largest absolute Gasteiger partial charge is 0.548 e. The maximum absolute atomic E-state index is 11.9. The molecule has 0 aliphatic heterocycles. The first-order valence-corrected chi connectivity index (χ1v) is 7.35. The van der Waals surface area contributed by atoms with Crippen LogP contribution in [0.4, 0.5) is 5.69 Å². The molecule has 1 aromatic carbocycles. The molecule has 0 radical (unpaired) electrons. The predicted octanol–water partition coefficient (Wildman–Crippen LogP) is -0.548. The smallest absolute Gasteiger partial charge is 0.241 e. The summed E-state index contributed by atoms with van der Waals surface area (Å²) in [5, 5.41) is 13.2. The van der Waals surface area contributed by atoms with E-state index in [9.17, 15) is 23.1 Å². The predicted molar refractivity (Wildman–Crippen MR) is 70.2 cm³/mol. The van der Waals surface area contributed by atoms with Crippen molar-refractivity contribution < 1.29 is 23.1 Å². The van der Waals surface area contributed by atoms with E-state index in [1.54, 1.807) is 0 Å². The Bertz CT molecular complexity index is 595. The summed E-state index contributed by atoms with van der Waals surface area (Å²) >= 11 is 0. The fourth-order valence-electron chi connectivity index (χ4n) is 1.47. The summed E-state index contributed by atoms with van der Waals surface area (Å²) in [4.78, 5) is 21.5. The first-order valence-electron chi connectivity index (χ1n) is 5.87. The minimum Gasteiger partial charge on any atom is -0.548 e. The fraction of sp³-hybridized carbons (Fsp3) is 0.333. The van der Waals surface area contributed by atoms with E-state index < -0.39 is 22.0 Å². The zero-order valence-corrected chi connectivity index (χ0v) is 11.9. The molecule has 1 aromatic rings. The third-order valence-corrected chi connectivity index (χ3v) is 3.96. The fourth-order valence-corrected chi connectivity index (χ4v) is 2.74. The van der Waals surface area contributed by atoms with E-state index in [-0.39, 0.29) is 17.2 Å². The number of carbonyl (C=O) groups excluding carboxylic acids is 2. The average Bonchev–Trinajstić information content (AvgIpc) is 2.35. The number of sulfonamides is 1. The Balaban J connectivity index is 2.92. The highest BCUT2D eigenvalue weighted by Crippen LogP contribution is 2.14. The van der Waals surface area contributed by atoms with Crippen LogP contribution >= 0.6 is 0 Å². The molecular weight excluding hydrogens is 284 g/mol. The normalized spacial score (nSPS) is 12.7. The van der Waals surface area contributed by atoms with Gasteiger partial charge in [0.2, 0.25) is 15.9 Å². The lowest BCUT2D eigenvalue weighted by molar-refractivity contribution is -0.308. The molecule has 0 spiro atoms. The second-order valence-electron chi connectivity index (χ2n) is 4.11.